The second-order valence-electron chi connectivity index (χ2n) is 4.47. The molecule has 0 heterocycles. The molecule has 0 saturated heterocycles. The third kappa shape index (κ3) is 3.74. The van der Waals surface area contributed by atoms with Crippen LogP contribution < -0.4 is 4.90 Å². The Balaban J connectivity index is 2.99. The Hall–Kier alpha value is -1.02. The van der Waals surface area contributed by atoms with Gasteiger partial charge in [0.25, 0.3) is 0 Å². The van der Waals surface area contributed by atoms with E-state index in [-0.39, 0.29) is 6.10 Å². The molecule has 0 aliphatic rings. The SMILES string of the molecule is CCCN(CCC)c1ccccc1[C@@H](O)CC. The van der Waals surface area contributed by atoms with Crippen LogP contribution in [0.3, 0.4) is 0 Å². The summed E-state index contributed by atoms with van der Waals surface area (Å²) in [5, 5.41) is 10.1. The van der Waals surface area contributed by atoms with Gasteiger partial charge in [0.2, 0.25) is 0 Å². The average molecular weight is 235 g/mol. The first kappa shape index (κ1) is 14.0. The molecule has 0 aromatic heterocycles. The van der Waals surface area contributed by atoms with E-state index in [1.807, 2.05) is 19.1 Å². The van der Waals surface area contributed by atoms with Crippen LogP contribution in [-0.2, 0) is 0 Å². The van der Waals surface area contributed by atoms with Crippen molar-refractivity contribution in [3.8, 4) is 0 Å². The first-order valence-corrected chi connectivity index (χ1v) is 6.76. The van der Waals surface area contributed by atoms with E-state index in [0.717, 1.165) is 37.9 Å². The van der Waals surface area contributed by atoms with Gasteiger partial charge in [-0.1, -0.05) is 39.0 Å². The Labute approximate surface area is 105 Å². The highest BCUT2D eigenvalue weighted by molar-refractivity contribution is 5.54. The number of hydrogen-bond acceptors (Lipinski definition) is 2. The van der Waals surface area contributed by atoms with E-state index in [2.05, 4.69) is 30.9 Å². The van der Waals surface area contributed by atoms with Crippen LogP contribution in [0.2, 0.25) is 0 Å². The minimum Gasteiger partial charge on any atom is -0.388 e. The Kier molecular flexibility index (Phi) is 6.06. The smallest absolute Gasteiger partial charge is 0.0807 e. The van der Waals surface area contributed by atoms with Gasteiger partial charge in [-0.05, 0) is 25.3 Å². The van der Waals surface area contributed by atoms with Gasteiger partial charge in [-0.3, -0.25) is 0 Å². The van der Waals surface area contributed by atoms with Gasteiger partial charge in [-0.2, -0.15) is 0 Å². The van der Waals surface area contributed by atoms with Crippen LogP contribution in [0.15, 0.2) is 24.3 Å². The maximum Gasteiger partial charge on any atom is 0.0807 e. The summed E-state index contributed by atoms with van der Waals surface area (Å²) in [7, 11) is 0. The molecule has 0 amide bonds. The van der Waals surface area contributed by atoms with E-state index in [0.29, 0.717) is 0 Å². The average Bonchev–Trinajstić information content (AvgIpc) is 2.37. The topological polar surface area (TPSA) is 23.5 Å². The number of rotatable bonds is 7. The van der Waals surface area contributed by atoms with Crippen molar-refractivity contribution >= 4 is 5.69 Å². The van der Waals surface area contributed by atoms with Crippen molar-refractivity contribution in [2.75, 3.05) is 18.0 Å². The minimum atomic E-state index is -0.345. The largest absolute Gasteiger partial charge is 0.388 e. The summed E-state index contributed by atoms with van der Waals surface area (Å²) >= 11 is 0. The van der Waals surface area contributed by atoms with Crippen molar-refractivity contribution in [1.29, 1.82) is 0 Å². The van der Waals surface area contributed by atoms with Crippen LogP contribution in [0.1, 0.15) is 51.7 Å². The number of nitrogens with zero attached hydrogens (tertiary/aromatic N) is 1. The zero-order valence-electron chi connectivity index (χ0n) is 11.3. The van der Waals surface area contributed by atoms with E-state index < -0.39 is 0 Å². The molecule has 1 rings (SSSR count). The molecule has 0 fully saturated rings. The third-order valence-corrected chi connectivity index (χ3v) is 3.01. The summed E-state index contributed by atoms with van der Waals surface area (Å²) in [5.74, 6) is 0. The molecule has 17 heavy (non-hydrogen) atoms. The molecule has 0 spiro atoms. The minimum absolute atomic E-state index is 0.345. The Morgan fingerprint density at radius 3 is 2.18 bits per heavy atom. The van der Waals surface area contributed by atoms with Crippen LogP contribution in [-0.4, -0.2) is 18.2 Å². The quantitative estimate of drug-likeness (QED) is 0.778. The molecule has 0 bridgehead atoms. The third-order valence-electron chi connectivity index (χ3n) is 3.01. The number of para-hydroxylation sites is 1. The van der Waals surface area contributed by atoms with Gasteiger partial charge in [-0.15, -0.1) is 0 Å². The highest BCUT2D eigenvalue weighted by Gasteiger charge is 2.14. The van der Waals surface area contributed by atoms with Crippen LogP contribution in [0.25, 0.3) is 0 Å². The van der Waals surface area contributed by atoms with Crippen molar-refractivity contribution in [3.63, 3.8) is 0 Å². The molecule has 1 aromatic rings. The van der Waals surface area contributed by atoms with Gasteiger partial charge in [0.05, 0.1) is 6.10 Å². The van der Waals surface area contributed by atoms with Crippen molar-refractivity contribution < 1.29 is 5.11 Å². The molecule has 1 atom stereocenters. The van der Waals surface area contributed by atoms with Crippen molar-refractivity contribution in [3.05, 3.63) is 29.8 Å². The van der Waals surface area contributed by atoms with Crippen molar-refractivity contribution in [2.45, 2.75) is 46.1 Å². The molecule has 0 radical (unpaired) electrons. The number of benzene rings is 1. The zero-order valence-corrected chi connectivity index (χ0v) is 11.3. The second-order valence-corrected chi connectivity index (χ2v) is 4.47. The molecular weight excluding hydrogens is 210 g/mol. The molecule has 1 N–H and O–H groups in total. The molecule has 0 aliphatic carbocycles. The number of hydrogen-bond donors (Lipinski definition) is 1. The van der Waals surface area contributed by atoms with Gasteiger partial charge in [0.15, 0.2) is 0 Å². The normalized spacial score (nSPS) is 12.5. The van der Waals surface area contributed by atoms with E-state index >= 15 is 0 Å². The van der Waals surface area contributed by atoms with Gasteiger partial charge in [0.1, 0.15) is 0 Å². The van der Waals surface area contributed by atoms with E-state index in [4.69, 9.17) is 0 Å². The van der Waals surface area contributed by atoms with Gasteiger partial charge in [-0.25, -0.2) is 0 Å². The van der Waals surface area contributed by atoms with Crippen LogP contribution in [0.5, 0.6) is 0 Å². The zero-order chi connectivity index (χ0) is 12.7. The molecule has 0 unspecified atom stereocenters. The van der Waals surface area contributed by atoms with Crippen molar-refractivity contribution in [1.82, 2.24) is 0 Å². The Bertz CT molecular complexity index is 318. The maximum atomic E-state index is 10.1. The standard InChI is InChI=1S/C15H25NO/c1-4-11-16(12-5-2)14-10-8-7-9-13(14)15(17)6-3/h7-10,15,17H,4-6,11-12H2,1-3H3/t15-/m0/s1. The van der Waals surface area contributed by atoms with Crippen LogP contribution >= 0.6 is 0 Å². The Morgan fingerprint density at radius 1 is 1.06 bits per heavy atom. The predicted octanol–water partition coefficient (Wildman–Crippen LogP) is 3.76. The second kappa shape index (κ2) is 7.33. The summed E-state index contributed by atoms with van der Waals surface area (Å²) < 4.78 is 0. The lowest BCUT2D eigenvalue weighted by Gasteiger charge is -2.27. The highest BCUT2D eigenvalue weighted by Crippen LogP contribution is 2.28. The monoisotopic (exact) mass is 235 g/mol. The Morgan fingerprint density at radius 2 is 1.65 bits per heavy atom. The predicted molar refractivity (Wildman–Crippen MR) is 74.5 cm³/mol. The summed E-state index contributed by atoms with van der Waals surface area (Å²) in [6, 6.07) is 8.23. The fraction of sp³-hybridized carbons (Fsp3) is 0.600. The lowest BCUT2D eigenvalue weighted by Crippen LogP contribution is -2.26. The van der Waals surface area contributed by atoms with Gasteiger partial charge in [0, 0.05) is 24.3 Å². The lowest BCUT2D eigenvalue weighted by atomic mass is 10.0. The number of aliphatic hydroxyl groups is 1. The van der Waals surface area contributed by atoms with Gasteiger partial charge < -0.3 is 10.0 Å². The summed E-state index contributed by atoms with van der Waals surface area (Å²) in [6.07, 6.45) is 2.69. The fourth-order valence-electron chi connectivity index (χ4n) is 2.17. The first-order chi connectivity index (χ1) is 8.24. The molecular formula is C15H25NO. The molecule has 1 aromatic carbocycles. The number of anilines is 1. The molecule has 2 heteroatoms. The first-order valence-electron chi connectivity index (χ1n) is 6.76. The summed E-state index contributed by atoms with van der Waals surface area (Å²) in [6.45, 7) is 8.52. The van der Waals surface area contributed by atoms with E-state index in [1.165, 1.54) is 5.69 Å². The maximum absolute atomic E-state index is 10.1. The van der Waals surface area contributed by atoms with Crippen LogP contribution in [0.4, 0.5) is 5.69 Å². The fourth-order valence-corrected chi connectivity index (χ4v) is 2.17. The van der Waals surface area contributed by atoms with Crippen molar-refractivity contribution in [2.24, 2.45) is 0 Å². The lowest BCUT2D eigenvalue weighted by molar-refractivity contribution is 0.174. The molecule has 96 valence electrons. The van der Waals surface area contributed by atoms with E-state index in [9.17, 15) is 5.11 Å². The molecule has 0 aliphatic heterocycles. The highest BCUT2D eigenvalue weighted by atomic mass is 16.3. The van der Waals surface area contributed by atoms with E-state index in [1.54, 1.807) is 0 Å². The molecule has 2 nitrogen and oxygen atoms in total. The van der Waals surface area contributed by atoms with Crippen LogP contribution in [0, 0.1) is 0 Å². The molecule has 0 saturated carbocycles. The summed E-state index contributed by atoms with van der Waals surface area (Å²) in [4.78, 5) is 2.38. The van der Waals surface area contributed by atoms with Gasteiger partial charge >= 0.3 is 0 Å². The number of aliphatic hydroxyl groups excluding tert-OH is 1. The summed E-state index contributed by atoms with van der Waals surface area (Å²) in [5.41, 5.74) is 2.27.